The van der Waals surface area contributed by atoms with E-state index in [1.165, 1.54) is 5.56 Å². The molecule has 0 spiro atoms. The summed E-state index contributed by atoms with van der Waals surface area (Å²) in [5.41, 5.74) is 3.23. The minimum absolute atomic E-state index is 0.0568. The van der Waals surface area contributed by atoms with Crippen molar-refractivity contribution in [3.05, 3.63) is 29.3 Å². The van der Waals surface area contributed by atoms with Crippen molar-refractivity contribution in [3.8, 4) is 0 Å². The van der Waals surface area contributed by atoms with Gasteiger partial charge in [-0.15, -0.1) is 0 Å². The van der Waals surface area contributed by atoms with E-state index in [0.29, 0.717) is 12.6 Å². The van der Waals surface area contributed by atoms with Crippen LogP contribution in [0.2, 0.25) is 0 Å². The van der Waals surface area contributed by atoms with Crippen molar-refractivity contribution in [2.45, 2.75) is 26.3 Å². The Balaban J connectivity index is 1.89. The molecule has 2 rings (SSSR count). The quantitative estimate of drug-likeness (QED) is 0.864. The summed E-state index contributed by atoms with van der Waals surface area (Å²) in [6, 6.07) is 6.55. The van der Waals surface area contributed by atoms with Crippen LogP contribution < -0.4 is 10.6 Å². The molecule has 1 atom stereocenters. The summed E-state index contributed by atoms with van der Waals surface area (Å²) in [4.78, 5) is 14.2. The normalized spacial score (nSPS) is 18.8. The molecular formula is C15H23N3O. The third kappa shape index (κ3) is 3.78. The maximum Gasteiger partial charge on any atom is 0.238 e. The number of hydrogen-bond donors (Lipinski definition) is 2. The molecular weight excluding hydrogens is 238 g/mol. The van der Waals surface area contributed by atoms with Crippen LogP contribution in [0.1, 0.15) is 17.5 Å². The second kappa shape index (κ2) is 6.17. The number of aryl methyl sites for hydroxylation is 2. The molecule has 104 valence electrons. The van der Waals surface area contributed by atoms with Crippen LogP contribution >= 0.6 is 0 Å². The van der Waals surface area contributed by atoms with Gasteiger partial charge in [-0.25, -0.2) is 0 Å². The number of rotatable bonds is 4. The van der Waals surface area contributed by atoms with E-state index in [1.54, 1.807) is 0 Å². The molecule has 19 heavy (non-hydrogen) atoms. The largest absolute Gasteiger partial charge is 0.325 e. The van der Waals surface area contributed by atoms with Gasteiger partial charge in [-0.3, -0.25) is 9.69 Å². The van der Waals surface area contributed by atoms with Gasteiger partial charge in [-0.05, 0) is 45.5 Å². The lowest BCUT2D eigenvalue weighted by Crippen LogP contribution is -2.39. The van der Waals surface area contributed by atoms with Crippen molar-refractivity contribution in [1.29, 1.82) is 0 Å². The summed E-state index contributed by atoms with van der Waals surface area (Å²) in [5.74, 6) is 0.0568. The van der Waals surface area contributed by atoms with E-state index in [0.717, 1.165) is 30.8 Å². The molecule has 1 aromatic carbocycles. The van der Waals surface area contributed by atoms with Crippen LogP contribution in [-0.4, -0.2) is 43.5 Å². The van der Waals surface area contributed by atoms with Crippen molar-refractivity contribution in [2.75, 3.05) is 32.0 Å². The lowest BCUT2D eigenvalue weighted by molar-refractivity contribution is -0.117. The Kier molecular flexibility index (Phi) is 4.56. The molecule has 4 heteroatoms. The lowest BCUT2D eigenvalue weighted by atomic mass is 10.1. The van der Waals surface area contributed by atoms with E-state index in [4.69, 9.17) is 0 Å². The summed E-state index contributed by atoms with van der Waals surface area (Å²) < 4.78 is 0. The van der Waals surface area contributed by atoms with Crippen molar-refractivity contribution < 1.29 is 4.79 Å². The van der Waals surface area contributed by atoms with Gasteiger partial charge >= 0.3 is 0 Å². The Morgan fingerprint density at radius 1 is 1.47 bits per heavy atom. The van der Waals surface area contributed by atoms with E-state index in [2.05, 4.69) is 28.5 Å². The van der Waals surface area contributed by atoms with E-state index in [9.17, 15) is 4.79 Å². The molecule has 0 radical (unpaired) electrons. The van der Waals surface area contributed by atoms with Crippen LogP contribution in [0.5, 0.6) is 0 Å². The molecule has 1 unspecified atom stereocenters. The minimum Gasteiger partial charge on any atom is -0.325 e. The molecule has 0 aromatic heterocycles. The molecule has 1 aliphatic heterocycles. The van der Waals surface area contributed by atoms with Crippen molar-refractivity contribution in [1.82, 2.24) is 10.2 Å². The highest BCUT2D eigenvalue weighted by atomic mass is 16.2. The number of nitrogens with one attached hydrogen (secondary N) is 2. The number of nitrogens with zero attached hydrogens (tertiary/aromatic N) is 1. The first-order valence-corrected chi connectivity index (χ1v) is 6.84. The van der Waals surface area contributed by atoms with Gasteiger partial charge in [0.25, 0.3) is 0 Å². The van der Waals surface area contributed by atoms with Crippen molar-refractivity contribution in [3.63, 3.8) is 0 Å². The van der Waals surface area contributed by atoms with Gasteiger partial charge in [0.2, 0.25) is 5.91 Å². The average molecular weight is 261 g/mol. The fourth-order valence-corrected chi connectivity index (χ4v) is 2.51. The summed E-state index contributed by atoms with van der Waals surface area (Å²) >= 11 is 0. The summed E-state index contributed by atoms with van der Waals surface area (Å²) in [6.45, 7) is 6.55. The van der Waals surface area contributed by atoms with Crippen molar-refractivity contribution in [2.24, 2.45) is 0 Å². The topological polar surface area (TPSA) is 44.4 Å². The minimum atomic E-state index is 0.0568. The van der Waals surface area contributed by atoms with Crippen LogP contribution in [0.15, 0.2) is 18.2 Å². The zero-order chi connectivity index (χ0) is 13.8. The van der Waals surface area contributed by atoms with E-state index in [1.807, 2.05) is 26.1 Å². The van der Waals surface area contributed by atoms with Crippen LogP contribution in [0.4, 0.5) is 5.69 Å². The molecule has 1 aliphatic rings. The first-order chi connectivity index (χ1) is 9.06. The third-order valence-corrected chi connectivity index (χ3v) is 3.71. The number of hydrogen-bond acceptors (Lipinski definition) is 3. The molecule has 0 aliphatic carbocycles. The number of amides is 1. The number of benzene rings is 1. The Morgan fingerprint density at radius 3 is 2.89 bits per heavy atom. The van der Waals surface area contributed by atoms with Gasteiger partial charge in [-0.2, -0.15) is 0 Å². The van der Waals surface area contributed by atoms with Gasteiger partial charge in [0, 0.05) is 18.3 Å². The highest BCUT2D eigenvalue weighted by Gasteiger charge is 2.20. The third-order valence-electron chi connectivity index (χ3n) is 3.71. The monoisotopic (exact) mass is 261 g/mol. The highest BCUT2D eigenvalue weighted by molar-refractivity contribution is 5.93. The second-order valence-electron chi connectivity index (χ2n) is 5.43. The summed E-state index contributed by atoms with van der Waals surface area (Å²) in [6.07, 6.45) is 1.12. The highest BCUT2D eigenvalue weighted by Crippen LogP contribution is 2.16. The zero-order valence-electron chi connectivity index (χ0n) is 12.0. The van der Waals surface area contributed by atoms with Crippen LogP contribution in [-0.2, 0) is 4.79 Å². The lowest BCUT2D eigenvalue weighted by Gasteiger charge is -2.22. The van der Waals surface area contributed by atoms with Crippen molar-refractivity contribution >= 4 is 11.6 Å². The molecule has 1 saturated heterocycles. The predicted octanol–water partition coefficient (Wildman–Crippen LogP) is 1.54. The second-order valence-corrected chi connectivity index (χ2v) is 5.43. The SMILES string of the molecule is Cc1ccc(NC(=O)CN(C)C2CCNC2)c(C)c1. The average Bonchev–Trinajstić information content (AvgIpc) is 2.86. The Bertz CT molecular complexity index is 453. The first kappa shape index (κ1) is 14.0. The molecule has 4 nitrogen and oxygen atoms in total. The first-order valence-electron chi connectivity index (χ1n) is 6.84. The van der Waals surface area contributed by atoms with Crippen LogP contribution in [0.3, 0.4) is 0 Å². The zero-order valence-corrected chi connectivity index (χ0v) is 12.0. The van der Waals surface area contributed by atoms with Gasteiger partial charge in [0.15, 0.2) is 0 Å². The molecule has 1 amide bonds. The van der Waals surface area contributed by atoms with Crippen LogP contribution in [0, 0.1) is 13.8 Å². The van der Waals surface area contributed by atoms with E-state index < -0.39 is 0 Å². The number of carbonyl (C=O) groups excluding carboxylic acids is 1. The summed E-state index contributed by atoms with van der Waals surface area (Å²) in [5, 5.41) is 6.31. The van der Waals surface area contributed by atoms with Gasteiger partial charge in [-0.1, -0.05) is 17.7 Å². The maximum atomic E-state index is 12.0. The number of anilines is 1. The van der Waals surface area contributed by atoms with E-state index in [-0.39, 0.29) is 5.91 Å². The van der Waals surface area contributed by atoms with Gasteiger partial charge in [0.05, 0.1) is 6.54 Å². The fourth-order valence-electron chi connectivity index (χ4n) is 2.51. The van der Waals surface area contributed by atoms with E-state index >= 15 is 0 Å². The van der Waals surface area contributed by atoms with Gasteiger partial charge < -0.3 is 10.6 Å². The smallest absolute Gasteiger partial charge is 0.238 e. The number of carbonyl (C=O) groups is 1. The molecule has 1 aromatic rings. The Morgan fingerprint density at radius 2 is 2.26 bits per heavy atom. The standard InChI is InChI=1S/C15H23N3O/c1-11-4-5-14(12(2)8-11)17-15(19)10-18(3)13-6-7-16-9-13/h4-5,8,13,16H,6-7,9-10H2,1-3H3,(H,17,19). The fraction of sp³-hybridized carbons (Fsp3) is 0.533. The Hall–Kier alpha value is -1.39. The molecule has 2 N–H and O–H groups in total. The number of likely N-dealkylation sites (N-methyl/N-ethyl adjacent to an activating group) is 1. The molecule has 0 bridgehead atoms. The summed E-state index contributed by atoms with van der Waals surface area (Å²) in [7, 11) is 2.01. The van der Waals surface area contributed by atoms with Crippen LogP contribution in [0.25, 0.3) is 0 Å². The molecule has 0 saturated carbocycles. The maximum absolute atomic E-state index is 12.0. The molecule has 1 fully saturated rings. The molecule has 1 heterocycles. The Labute approximate surface area is 115 Å². The van der Waals surface area contributed by atoms with Gasteiger partial charge in [0.1, 0.15) is 0 Å². The predicted molar refractivity (Wildman–Crippen MR) is 78.5 cm³/mol.